The number of para-hydroxylation sites is 2. The van der Waals surface area contributed by atoms with Crippen LogP contribution in [0.15, 0.2) is 102 Å². The zero-order valence-electron chi connectivity index (χ0n) is 25.1. The number of amides is 2. The SMILES string of the molecule is CC(C)(C)OC(=O)Nc1ccccc1NC(=O)C=Cc1ccn(S(=O)(=O)c2ccc(-c3ccc(CNS(C)(=O)=O)cc3)cc2)c1. The van der Waals surface area contributed by atoms with Crippen molar-refractivity contribution in [1.29, 1.82) is 0 Å². The smallest absolute Gasteiger partial charge is 0.412 e. The largest absolute Gasteiger partial charge is 0.444 e. The number of nitrogens with one attached hydrogen (secondary N) is 3. The Morgan fingerprint density at radius 1 is 0.822 bits per heavy atom. The molecule has 0 spiro atoms. The zero-order valence-corrected chi connectivity index (χ0v) is 26.8. The zero-order chi connectivity index (χ0) is 32.8. The van der Waals surface area contributed by atoms with Crippen LogP contribution in [-0.4, -0.2) is 44.7 Å². The number of aromatic nitrogens is 1. The molecular weight excluding hydrogens is 617 g/mol. The van der Waals surface area contributed by atoms with E-state index in [4.69, 9.17) is 4.74 Å². The van der Waals surface area contributed by atoms with Crippen LogP contribution in [0.1, 0.15) is 31.9 Å². The van der Waals surface area contributed by atoms with Gasteiger partial charge in [-0.1, -0.05) is 48.5 Å². The predicted octanol–water partition coefficient (Wildman–Crippen LogP) is 5.44. The monoisotopic (exact) mass is 650 g/mol. The van der Waals surface area contributed by atoms with E-state index in [1.807, 2.05) is 12.1 Å². The number of carbonyl (C=O) groups is 2. The van der Waals surface area contributed by atoms with E-state index in [1.165, 1.54) is 36.7 Å². The minimum atomic E-state index is -3.90. The maximum atomic E-state index is 13.2. The highest BCUT2D eigenvalue weighted by atomic mass is 32.2. The fraction of sp³-hybridized carbons (Fsp3) is 0.188. The summed E-state index contributed by atoms with van der Waals surface area (Å²) in [6.07, 6.45) is 5.96. The molecule has 11 nitrogen and oxygen atoms in total. The predicted molar refractivity (Wildman–Crippen MR) is 175 cm³/mol. The second-order valence-corrected chi connectivity index (χ2v) is 14.8. The van der Waals surface area contributed by atoms with Gasteiger partial charge in [0.1, 0.15) is 5.60 Å². The molecule has 0 aliphatic carbocycles. The van der Waals surface area contributed by atoms with E-state index in [2.05, 4.69) is 15.4 Å². The Balaban J connectivity index is 1.39. The molecular formula is C32H34N4O7S2. The molecule has 0 radical (unpaired) electrons. The average Bonchev–Trinajstić information content (AvgIpc) is 3.45. The topological polar surface area (TPSA) is 153 Å². The van der Waals surface area contributed by atoms with Gasteiger partial charge in [0.05, 0.1) is 22.5 Å². The molecule has 0 aliphatic rings. The van der Waals surface area contributed by atoms with Crippen molar-refractivity contribution in [1.82, 2.24) is 8.69 Å². The quantitative estimate of drug-likeness (QED) is 0.193. The Morgan fingerprint density at radius 2 is 1.40 bits per heavy atom. The highest BCUT2D eigenvalue weighted by Gasteiger charge is 2.18. The lowest BCUT2D eigenvalue weighted by molar-refractivity contribution is -0.111. The molecule has 0 saturated carbocycles. The number of ether oxygens (including phenoxy) is 1. The molecule has 0 aliphatic heterocycles. The van der Waals surface area contributed by atoms with E-state index < -0.39 is 37.6 Å². The third-order valence-corrected chi connectivity index (χ3v) is 8.51. The minimum absolute atomic E-state index is 0.0817. The summed E-state index contributed by atoms with van der Waals surface area (Å²) in [5, 5.41) is 5.31. The molecule has 3 aromatic carbocycles. The minimum Gasteiger partial charge on any atom is -0.444 e. The summed E-state index contributed by atoms with van der Waals surface area (Å²) in [5.41, 5.74) is 2.94. The van der Waals surface area contributed by atoms with Crippen LogP contribution in [0.25, 0.3) is 17.2 Å². The van der Waals surface area contributed by atoms with Gasteiger partial charge in [0.25, 0.3) is 10.0 Å². The Bertz CT molecular complexity index is 1920. The first-order chi connectivity index (χ1) is 21.1. The first-order valence-electron chi connectivity index (χ1n) is 13.7. The summed E-state index contributed by atoms with van der Waals surface area (Å²) in [6, 6.07) is 21.9. The molecule has 45 heavy (non-hydrogen) atoms. The molecule has 1 aromatic heterocycles. The van der Waals surface area contributed by atoms with Crippen molar-refractivity contribution >= 4 is 49.5 Å². The Hall–Kier alpha value is -4.72. The number of anilines is 2. The summed E-state index contributed by atoms with van der Waals surface area (Å²) >= 11 is 0. The summed E-state index contributed by atoms with van der Waals surface area (Å²) in [4.78, 5) is 24.9. The number of hydrogen-bond acceptors (Lipinski definition) is 7. The molecule has 2 amide bonds. The highest BCUT2D eigenvalue weighted by Crippen LogP contribution is 2.24. The van der Waals surface area contributed by atoms with Crippen LogP contribution in [-0.2, 0) is 36.1 Å². The molecule has 13 heteroatoms. The van der Waals surface area contributed by atoms with Gasteiger partial charge in [0.15, 0.2) is 0 Å². The van der Waals surface area contributed by atoms with Crippen molar-refractivity contribution in [3.8, 4) is 11.1 Å². The second kappa shape index (κ2) is 13.5. The summed E-state index contributed by atoms with van der Waals surface area (Å²) in [7, 11) is -7.20. The Morgan fingerprint density at radius 3 is 1.98 bits per heavy atom. The standard InChI is InChI=1S/C32H34N4O7S2/c1-32(2,3)43-31(38)35-29-8-6-5-7-28(29)34-30(37)18-11-24-19-20-36(22-24)45(41,42)27-16-14-26(15-17-27)25-12-9-23(10-13-25)21-33-44(4,39)40/h5-20,22,33H,21H2,1-4H3,(H,34,37)(H,35,38). The lowest BCUT2D eigenvalue weighted by Gasteiger charge is -2.20. The van der Waals surface area contributed by atoms with E-state index in [1.54, 1.807) is 75.4 Å². The molecule has 0 bridgehead atoms. The Kier molecular flexibility index (Phi) is 9.96. The van der Waals surface area contributed by atoms with Crippen LogP contribution in [0.3, 0.4) is 0 Å². The van der Waals surface area contributed by atoms with Crippen LogP contribution >= 0.6 is 0 Å². The molecule has 3 N–H and O–H groups in total. The molecule has 1 heterocycles. The van der Waals surface area contributed by atoms with Crippen LogP contribution in [0.4, 0.5) is 16.2 Å². The summed E-state index contributed by atoms with van der Waals surface area (Å²) in [6.45, 7) is 5.41. The van der Waals surface area contributed by atoms with Crippen molar-refractivity contribution in [3.63, 3.8) is 0 Å². The fourth-order valence-electron chi connectivity index (χ4n) is 4.07. The molecule has 4 rings (SSSR count). The highest BCUT2D eigenvalue weighted by molar-refractivity contribution is 7.90. The Labute approximate surface area is 263 Å². The normalized spacial score (nSPS) is 12.2. The maximum Gasteiger partial charge on any atom is 0.412 e. The van der Waals surface area contributed by atoms with Gasteiger partial charge in [0, 0.05) is 25.0 Å². The first kappa shape index (κ1) is 33.2. The molecule has 236 valence electrons. The van der Waals surface area contributed by atoms with Gasteiger partial charge < -0.3 is 10.1 Å². The van der Waals surface area contributed by atoms with Crippen molar-refractivity contribution in [3.05, 3.63) is 108 Å². The molecule has 0 saturated heterocycles. The van der Waals surface area contributed by atoms with Crippen LogP contribution in [0, 0.1) is 0 Å². The third kappa shape index (κ3) is 9.63. The van der Waals surface area contributed by atoms with Crippen molar-refractivity contribution < 1.29 is 31.2 Å². The van der Waals surface area contributed by atoms with Crippen LogP contribution in [0.2, 0.25) is 0 Å². The first-order valence-corrected chi connectivity index (χ1v) is 17.1. The summed E-state index contributed by atoms with van der Waals surface area (Å²) < 4.78 is 57.9. The lowest BCUT2D eigenvalue weighted by atomic mass is 10.0. The summed E-state index contributed by atoms with van der Waals surface area (Å²) in [5.74, 6) is -0.487. The number of rotatable bonds is 10. The van der Waals surface area contributed by atoms with E-state index in [9.17, 15) is 26.4 Å². The fourth-order valence-corrected chi connectivity index (χ4v) is 5.71. The van der Waals surface area contributed by atoms with Crippen molar-refractivity contribution in [2.75, 3.05) is 16.9 Å². The van der Waals surface area contributed by atoms with E-state index >= 15 is 0 Å². The van der Waals surface area contributed by atoms with E-state index in [0.29, 0.717) is 16.9 Å². The molecule has 4 aromatic rings. The van der Waals surface area contributed by atoms with Gasteiger partial charge >= 0.3 is 6.09 Å². The van der Waals surface area contributed by atoms with Crippen LogP contribution < -0.4 is 15.4 Å². The van der Waals surface area contributed by atoms with Crippen LogP contribution in [0.5, 0.6) is 0 Å². The average molecular weight is 651 g/mol. The number of nitrogens with zero attached hydrogens (tertiary/aromatic N) is 1. The maximum absolute atomic E-state index is 13.2. The number of carbonyl (C=O) groups excluding carboxylic acids is 2. The molecule has 0 fully saturated rings. The molecule has 0 unspecified atom stereocenters. The van der Waals surface area contributed by atoms with Gasteiger partial charge in [-0.3, -0.25) is 10.1 Å². The number of hydrogen-bond donors (Lipinski definition) is 3. The number of benzene rings is 3. The van der Waals surface area contributed by atoms with Crippen molar-refractivity contribution in [2.24, 2.45) is 0 Å². The number of sulfonamides is 1. The van der Waals surface area contributed by atoms with Gasteiger partial charge in [-0.2, -0.15) is 0 Å². The van der Waals surface area contributed by atoms with E-state index in [0.717, 1.165) is 26.9 Å². The van der Waals surface area contributed by atoms with Gasteiger partial charge in [-0.15, -0.1) is 0 Å². The van der Waals surface area contributed by atoms with Gasteiger partial charge in [0.2, 0.25) is 15.9 Å². The van der Waals surface area contributed by atoms with Crippen molar-refractivity contribution in [2.45, 2.75) is 37.8 Å². The van der Waals surface area contributed by atoms with E-state index in [-0.39, 0.29) is 11.4 Å². The molecule has 0 atom stereocenters. The lowest BCUT2D eigenvalue weighted by Crippen LogP contribution is -2.27. The third-order valence-electron chi connectivity index (χ3n) is 6.19. The van der Waals surface area contributed by atoms with Gasteiger partial charge in [-0.05, 0) is 79.4 Å². The second-order valence-electron chi connectivity index (χ2n) is 11.1. The van der Waals surface area contributed by atoms with Gasteiger partial charge in [-0.25, -0.2) is 30.3 Å².